The highest BCUT2D eigenvalue weighted by atomic mass is 16.6. The van der Waals surface area contributed by atoms with Gasteiger partial charge in [0.25, 0.3) is 0 Å². The Hall–Kier alpha value is -2.39. The molecule has 0 spiro atoms. The molecule has 3 aliphatic heterocycles. The summed E-state index contributed by atoms with van der Waals surface area (Å²) >= 11 is 0. The van der Waals surface area contributed by atoms with Gasteiger partial charge in [-0.15, -0.1) is 0 Å². The van der Waals surface area contributed by atoms with Gasteiger partial charge in [0.05, 0.1) is 6.10 Å². The number of esters is 1. The number of nitriles is 1. The second-order valence-corrected chi connectivity index (χ2v) is 5.77. The minimum absolute atomic E-state index is 0.141. The maximum Gasteiger partial charge on any atom is 0.304 e. The van der Waals surface area contributed by atoms with Crippen molar-refractivity contribution in [3.8, 4) is 6.07 Å². The van der Waals surface area contributed by atoms with Crippen LogP contribution < -0.4 is 0 Å². The molecule has 3 aliphatic rings. The fourth-order valence-electron chi connectivity index (χ4n) is 3.49. The lowest BCUT2D eigenvalue weighted by Crippen LogP contribution is -2.52. The summed E-state index contributed by atoms with van der Waals surface area (Å²) in [4.78, 5) is 15.9. The van der Waals surface area contributed by atoms with E-state index in [4.69, 9.17) is 14.2 Å². The van der Waals surface area contributed by atoms with Crippen LogP contribution in [0, 0.1) is 11.3 Å². The lowest BCUT2D eigenvalue weighted by atomic mass is 9.81. The van der Waals surface area contributed by atoms with Crippen molar-refractivity contribution in [3.05, 3.63) is 35.9 Å². The minimum atomic E-state index is -1.26. The second-order valence-electron chi connectivity index (χ2n) is 5.77. The lowest BCUT2D eigenvalue weighted by molar-refractivity contribution is -0.158. The lowest BCUT2D eigenvalue weighted by Gasteiger charge is -2.32. The van der Waals surface area contributed by atoms with Crippen LogP contribution in [0.15, 0.2) is 35.3 Å². The average Bonchev–Trinajstić information content (AvgIpc) is 3.17. The topological polar surface area (TPSA) is 80.9 Å². The number of carbonyl (C=O) groups excluding carboxylic acids is 1. The number of fused-ring (bicyclic) bond motifs is 5. The van der Waals surface area contributed by atoms with Crippen molar-refractivity contribution in [2.45, 2.75) is 43.3 Å². The van der Waals surface area contributed by atoms with Gasteiger partial charge in [-0.05, 0) is 12.1 Å². The fourth-order valence-corrected chi connectivity index (χ4v) is 3.49. The van der Waals surface area contributed by atoms with E-state index in [9.17, 15) is 10.1 Å². The molecule has 0 aliphatic carbocycles. The van der Waals surface area contributed by atoms with Gasteiger partial charge in [0.2, 0.25) is 11.5 Å². The predicted molar refractivity (Wildman–Crippen MR) is 75.0 cm³/mol. The van der Waals surface area contributed by atoms with Crippen LogP contribution in [-0.4, -0.2) is 41.8 Å². The predicted octanol–water partition coefficient (Wildman–Crippen LogP) is 1.20. The molecular weight excluding hydrogens is 284 g/mol. The van der Waals surface area contributed by atoms with E-state index in [1.807, 2.05) is 30.3 Å². The first kappa shape index (κ1) is 13.3. The Balaban J connectivity index is 1.62. The zero-order chi connectivity index (χ0) is 15.3. The summed E-state index contributed by atoms with van der Waals surface area (Å²) in [7, 11) is 0. The highest BCUT2D eigenvalue weighted by Gasteiger charge is 2.67. The van der Waals surface area contributed by atoms with E-state index in [1.54, 1.807) is 0 Å². The Morgan fingerprint density at radius 2 is 2.23 bits per heavy atom. The normalized spacial score (nSPS) is 37.9. The van der Waals surface area contributed by atoms with Crippen molar-refractivity contribution in [1.82, 2.24) is 0 Å². The molecule has 1 aromatic rings. The van der Waals surface area contributed by atoms with Crippen LogP contribution in [0.5, 0.6) is 0 Å². The number of carbonyl (C=O) groups is 1. The molecule has 6 nitrogen and oxygen atoms in total. The minimum Gasteiger partial charge on any atom is -0.469 e. The van der Waals surface area contributed by atoms with Crippen molar-refractivity contribution < 1.29 is 19.0 Å². The number of aliphatic imine (C=N–C) groups is 1. The third-order valence-electron chi connectivity index (χ3n) is 4.35. The Labute approximate surface area is 127 Å². The maximum absolute atomic E-state index is 11.3. The highest BCUT2D eigenvalue weighted by molar-refractivity contribution is 5.95. The molecule has 1 aromatic carbocycles. The van der Waals surface area contributed by atoms with Crippen molar-refractivity contribution in [3.63, 3.8) is 0 Å². The van der Waals surface area contributed by atoms with E-state index in [0.717, 1.165) is 5.56 Å². The molecule has 3 heterocycles. The molecule has 0 N–H and O–H groups in total. The summed E-state index contributed by atoms with van der Waals surface area (Å²) < 4.78 is 17.0. The average molecular weight is 298 g/mol. The van der Waals surface area contributed by atoms with E-state index in [2.05, 4.69) is 11.1 Å². The SMILES string of the molecule is CC(=O)O[C@@]1(C#N)C[C@@H]2O[C@H]1[C@H]1OC(c3ccccc3)=N[C@H]12. The molecule has 112 valence electrons. The molecule has 0 aromatic heterocycles. The van der Waals surface area contributed by atoms with Crippen LogP contribution in [0.3, 0.4) is 0 Å². The first-order chi connectivity index (χ1) is 10.6. The second kappa shape index (κ2) is 4.55. The van der Waals surface area contributed by atoms with Crippen molar-refractivity contribution in [2.24, 2.45) is 4.99 Å². The largest absolute Gasteiger partial charge is 0.469 e. The first-order valence-corrected chi connectivity index (χ1v) is 7.19. The molecule has 0 unspecified atom stereocenters. The van der Waals surface area contributed by atoms with Crippen LogP contribution in [-0.2, 0) is 19.0 Å². The zero-order valence-electron chi connectivity index (χ0n) is 11.9. The first-order valence-electron chi connectivity index (χ1n) is 7.19. The summed E-state index contributed by atoms with van der Waals surface area (Å²) in [5.74, 6) is 0.0712. The van der Waals surface area contributed by atoms with E-state index in [-0.39, 0.29) is 18.2 Å². The third-order valence-corrected chi connectivity index (χ3v) is 4.35. The molecule has 22 heavy (non-hydrogen) atoms. The van der Waals surface area contributed by atoms with Gasteiger partial charge in [-0.2, -0.15) is 5.26 Å². The molecule has 2 saturated heterocycles. The van der Waals surface area contributed by atoms with E-state index >= 15 is 0 Å². The van der Waals surface area contributed by atoms with Gasteiger partial charge in [0, 0.05) is 18.9 Å². The number of hydrogen-bond donors (Lipinski definition) is 0. The van der Waals surface area contributed by atoms with Gasteiger partial charge in [0.15, 0.2) is 12.2 Å². The smallest absolute Gasteiger partial charge is 0.304 e. The maximum atomic E-state index is 11.3. The van der Waals surface area contributed by atoms with Crippen molar-refractivity contribution >= 4 is 11.9 Å². The van der Waals surface area contributed by atoms with Crippen LogP contribution in [0.25, 0.3) is 0 Å². The third kappa shape index (κ3) is 1.76. The van der Waals surface area contributed by atoms with Crippen molar-refractivity contribution in [2.75, 3.05) is 0 Å². The Kier molecular flexibility index (Phi) is 2.75. The van der Waals surface area contributed by atoms with Crippen LogP contribution in [0.4, 0.5) is 0 Å². The number of ether oxygens (including phenoxy) is 3. The molecular formula is C16H14N2O4. The zero-order valence-corrected chi connectivity index (χ0v) is 11.9. The summed E-state index contributed by atoms with van der Waals surface area (Å²) in [5.41, 5.74) is -0.370. The fraction of sp³-hybridized carbons (Fsp3) is 0.438. The molecule has 0 amide bonds. The quantitative estimate of drug-likeness (QED) is 0.766. The van der Waals surface area contributed by atoms with Crippen molar-refractivity contribution in [1.29, 1.82) is 5.26 Å². The van der Waals surface area contributed by atoms with Gasteiger partial charge in [-0.3, -0.25) is 4.79 Å². The number of hydrogen-bond acceptors (Lipinski definition) is 6. The van der Waals surface area contributed by atoms with Gasteiger partial charge < -0.3 is 14.2 Å². The molecule has 4 rings (SSSR count). The van der Waals surface area contributed by atoms with Gasteiger partial charge >= 0.3 is 5.97 Å². The van der Waals surface area contributed by atoms with E-state index in [1.165, 1.54) is 6.92 Å². The summed E-state index contributed by atoms with van der Waals surface area (Å²) in [6.07, 6.45) is -0.895. The summed E-state index contributed by atoms with van der Waals surface area (Å²) in [6.45, 7) is 1.30. The molecule has 5 atom stereocenters. The number of rotatable bonds is 2. The number of benzene rings is 1. The van der Waals surface area contributed by atoms with E-state index < -0.39 is 17.7 Å². The van der Waals surface area contributed by atoms with Crippen LogP contribution >= 0.6 is 0 Å². The summed E-state index contributed by atoms with van der Waals surface area (Å²) in [6, 6.07) is 11.6. The Bertz CT molecular complexity index is 696. The molecule has 0 radical (unpaired) electrons. The van der Waals surface area contributed by atoms with E-state index in [0.29, 0.717) is 12.3 Å². The number of nitrogens with zero attached hydrogens (tertiary/aromatic N) is 2. The monoisotopic (exact) mass is 298 g/mol. The Morgan fingerprint density at radius 1 is 1.45 bits per heavy atom. The Morgan fingerprint density at radius 3 is 2.91 bits per heavy atom. The molecule has 2 bridgehead atoms. The molecule has 2 fully saturated rings. The van der Waals surface area contributed by atoms with Gasteiger partial charge in [-0.25, -0.2) is 4.99 Å². The molecule has 6 heteroatoms. The summed E-state index contributed by atoms with van der Waals surface area (Å²) in [5, 5.41) is 9.49. The van der Waals surface area contributed by atoms with Crippen LogP contribution in [0.1, 0.15) is 18.9 Å². The van der Waals surface area contributed by atoms with Gasteiger partial charge in [0.1, 0.15) is 12.1 Å². The standard InChI is InChI=1S/C16H14N2O4/c1-9(19)22-16(8-17)7-11-12-13(14(16)20-11)21-15(18-12)10-5-3-2-4-6-10/h2-6,11-14H,7H2,1H3/t11-,12-,13-,14-,16+/m0/s1. The highest BCUT2D eigenvalue weighted by Crippen LogP contribution is 2.48. The van der Waals surface area contributed by atoms with Gasteiger partial charge in [-0.1, -0.05) is 18.2 Å². The van der Waals surface area contributed by atoms with Crippen LogP contribution in [0.2, 0.25) is 0 Å². The molecule has 0 saturated carbocycles.